The quantitative estimate of drug-likeness (QED) is 0.234. The van der Waals surface area contributed by atoms with Crippen molar-refractivity contribution in [3.63, 3.8) is 0 Å². The molecule has 1 heterocycles. The van der Waals surface area contributed by atoms with Crippen LogP contribution in [-0.2, 0) is 22.7 Å². The molecule has 0 bridgehead atoms. The Bertz CT molecular complexity index is 1190. The molecular weight excluding hydrogens is 474 g/mol. The van der Waals surface area contributed by atoms with Crippen molar-refractivity contribution in [2.45, 2.75) is 18.2 Å². The van der Waals surface area contributed by atoms with E-state index in [0.29, 0.717) is 34.0 Å². The van der Waals surface area contributed by atoms with Crippen LogP contribution in [0.15, 0.2) is 72.4 Å². The van der Waals surface area contributed by atoms with E-state index < -0.39 is 0 Å². The van der Waals surface area contributed by atoms with Gasteiger partial charge in [-0.1, -0.05) is 53.7 Å². The van der Waals surface area contributed by atoms with Gasteiger partial charge in [0.1, 0.15) is 5.75 Å². The molecule has 2 N–H and O–H groups in total. The van der Waals surface area contributed by atoms with E-state index in [1.54, 1.807) is 54.2 Å². The summed E-state index contributed by atoms with van der Waals surface area (Å²) in [5.74, 6) is 0.866. The summed E-state index contributed by atoms with van der Waals surface area (Å²) in [6.07, 6.45) is 4.76. The standard InChI is InChI=1S/C24H24ClN5O3S/c1-3-13-30-21(15-26-22(31)12-11-17-7-4-5-10-20(17)25)28-29-24(30)34-16-23(32)27-18-8-6-9-19(14-18)33-2/h3-12,14H,1,13,15-16H2,2H3,(H,26,31)(H,27,32)/b12-11+. The summed E-state index contributed by atoms with van der Waals surface area (Å²) in [7, 11) is 1.57. The predicted molar refractivity (Wildman–Crippen MR) is 135 cm³/mol. The second-order valence-electron chi connectivity index (χ2n) is 6.94. The predicted octanol–water partition coefficient (Wildman–Crippen LogP) is 4.19. The SMILES string of the molecule is C=CCn1c(CNC(=O)/C=C/c2ccccc2Cl)nnc1SCC(=O)Nc1cccc(OC)c1. The first kappa shape index (κ1) is 25.1. The number of rotatable bonds is 11. The number of amides is 2. The third-order valence-corrected chi connectivity index (χ3v) is 5.84. The molecule has 0 spiro atoms. The van der Waals surface area contributed by atoms with Crippen LogP contribution >= 0.6 is 23.4 Å². The molecule has 3 rings (SSSR count). The first-order valence-corrected chi connectivity index (χ1v) is 11.7. The second-order valence-corrected chi connectivity index (χ2v) is 8.29. The highest BCUT2D eigenvalue weighted by Gasteiger charge is 2.14. The van der Waals surface area contributed by atoms with Gasteiger partial charge in [0.05, 0.1) is 19.4 Å². The number of carbonyl (C=O) groups is 2. The Kier molecular flexibility index (Phi) is 9.30. The molecule has 3 aromatic rings. The number of allylic oxidation sites excluding steroid dienone is 1. The zero-order valence-electron chi connectivity index (χ0n) is 18.5. The number of thioether (sulfide) groups is 1. The largest absolute Gasteiger partial charge is 0.497 e. The normalized spacial score (nSPS) is 10.8. The van der Waals surface area contributed by atoms with Crippen LogP contribution in [0.2, 0.25) is 5.02 Å². The van der Waals surface area contributed by atoms with Gasteiger partial charge in [0.25, 0.3) is 0 Å². The number of carbonyl (C=O) groups excluding carboxylic acids is 2. The Balaban J connectivity index is 1.57. The number of aromatic nitrogens is 3. The zero-order chi connectivity index (χ0) is 24.3. The smallest absolute Gasteiger partial charge is 0.244 e. The molecule has 0 radical (unpaired) electrons. The van der Waals surface area contributed by atoms with Gasteiger partial charge < -0.3 is 19.9 Å². The lowest BCUT2D eigenvalue weighted by molar-refractivity contribution is -0.116. The summed E-state index contributed by atoms with van der Waals surface area (Å²) in [4.78, 5) is 24.6. The molecule has 0 atom stereocenters. The summed E-state index contributed by atoms with van der Waals surface area (Å²) in [5.41, 5.74) is 1.39. The highest BCUT2D eigenvalue weighted by molar-refractivity contribution is 7.99. The van der Waals surface area contributed by atoms with Crippen LogP contribution in [0.25, 0.3) is 6.08 Å². The summed E-state index contributed by atoms with van der Waals surface area (Å²) >= 11 is 7.34. The number of ether oxygens (including phenoxy) is 1. The molecule has 0 saturated heterocycles. The van der Waals surface area contributed by atoms with E-state index in [1.807, 2.05) is 18.2 Å². The van der Waals surface area contributed by atoms with Crippen LogP contribution in [0.3, 0.4) is 0 Å². The third-order valence-electron chi connectivity index (χ3n) is 4.53. The van der Waals surface area contributed by atoms with Crippen molar-refractivity contribution in [2.75, 3.05) is 18.2 Å². The Morgan fingerprint density at radius 1 is 1.21 bits per heavy atom. The average molecular weight is 498 g/mol. The van der Waals surface area contributed by atoms with Crippen LogP contribution < -0.4 is 15.4 Å². The van der Waals surface area contributed by atoms with Crippen molar-refractivity contribution in [3.05, 3.63) is 83.7 Å². The summed E-state index contributed by atoms with van der Waals surface area (Å²) in [5, 5.41) is 15.0. The first-order valence-electron chi connectivity index (χ1n) is 10.3. The lowest BCUT2D eigenvalue weighted by Gasteiger charge is -2.09. The maximum atomic E-state index is 12.4. The highest BCUT2D eigenvalue weighted by Crippen LogP contribution is 2.20. The van der Waals surface area contributed by atoms with Crippen LogP contribution in [0, 0.1) is 0 Å². The topological polar surface area (TPSA) is 98.1 Å². The lowest BCUT2D eigenvalue weighted by Crippen LogP contribution is -2.23. The molecule has 0 unspecified atom stereocenters. The second kappa shape index (κ2) is 12.6. The molecule has 34 heavy (non-hydrogen) atoms. The lowest BCUT2D eigenvalue weighted by atomic mass is 10.2. The van der Waals surface area contributed by atoms with Gasteiger partial charge in [-0.15, -0.1) is 16.8 Å². The summed E-state index contributed by atoms with van der Waals surface area (Å²) in [6.45, 7) is 4.37. The van der Waals surface area contributed by atoms with E-state index in [1.165, 1.54) is 17.8 Å². The van der Waals surface area contributed by atoms with E-state index in [4.69, 9.17) is 16.3 Å². The molecule has 0 aliphatic heterocycles. The van der Waals surface area contributed by atoms with Gasteiger partial charge in [-0.25, -0.2) is 0 Å². The Morgan fingerprint density at radius 2 is 2.03 bits per heavy atom. The Hall–Kier alpha value is -3.56. The molecular formula is C24H24ClN5O3S. The fourth-order valence-electron chi connectivity index (χ4n) is 2.90. The van der Waals surface area contributed by atoms with Gasteiger partial charge in [-0.05, 0) is 29.8 Å². The molecule has 10 heteroatoms. The molecule has 8 nitrogen and oxygen atoms in total. The molecule has 2 amide bonds. The number of methoxy groups -OCH3 is 1. The van der Waals surface area contributed by atoms with Crippen molar-refractivity contribution in [1.82, 2.24) is 20.1 Å². The van der Waals surface area contributed by atoms with Crippen molar-refractivity contribution >= 4 is 46.9 Å². The number of hydrogen-bond acceptors (Lipinski definition) is 6. The molecule has 0 aliphatic rings. The first-order chi connectivity index (χ1) is 16.5. The fraction of sp³-hybridized carbons (Fsp3) is 0.167. The minimum Gasteiger partial charge on any atom is -0.497 e. The molecule has 1 aromatic heterocycles. The van der Waals surface area contributed by atoms with Crippen molar-refractivity contribution in [3.8, 4) is 5.75 Å². The number of anilines is 1. The van der Waals surface area contributed by atoms with Gasteiger partial charge in [-0.2, -0.15) is 0 Å². The fourth-order valence-corrected chi connectivity index (χ4v) is 3.86. The number of benzene rings is 2. The van der Waals surface area contributed by atoms with Crippen LogP contribution in [0.5, 0.6) is 5.75 Å². The van der Waals surface area contributed by atoms with E-state index >= 15 is 0 Å². The van der Waals surface area contributed by atoms with Crippen molar-refractivity contribution in [2.24, 2.45) is 0 Å². The van der Waals surface area contributed by atoms with Gasteiger partial charge >= 0.3 is 0 Å². The Morgan fingerprint density at radius 3 is 2.79 bits per heavy atom. The molecule has 0 saturated carbocycles. The number of hydrogen-bond donors (Lipinski definition) is 2. The Labute approximate surface area is 207 Å². The third kappa shape index (κ3) is 7.23. The molecule has 176 valence electrons. The summed E-state index contributed by atoms with van der Waals surface area (Å²) < 4.78 is 6.97. The summed E-state index contributed by atoms with van der Waals surface area (Å²) in [6, 6.07) is 14.4. The van der Waals surface area contributed by atoms with Gasteiger partial charge in [0.15, 0.2) is 11.0 Å². The molecule has 0 fully saturated rings. The minimum absolute atomic E-state index is 0.138. The number of nitrogens with one attached hydrogen (secondary N) is 2. The van der Waals surface area contributed by atoms with Gasteiger partial charge in [0, 0.05) is 29.4 Å². The molecule has 0 aliphatic carbocycles. The van der Waals surface area contributed by atoms with Crippen LogP contribution in [-0.4, -0.2) is 39.4 Å². The van der Waals surface area contributed by atoms with Crippen LogP contribution in [0.1, 0.15) is 11.4 Å². The van der Waals surface area contributed by atoms with E-state index in [0.717, 1.165) is 5.56 Å². The van der Waals surface area contributed by atoms with E-state index in [9.17, 15) is 9.59 Å². The highest BCUT2D eigenvalue weighted by atomic mass is 35.5. The zero-order valence-corrected chi connectivity index (χ0v) is 20.1. The van der Waals surface area contributed by atoms with Gasteiger partial charge in [-0.3, -0.25) is 9.59 Å². The molecule has 2 aromatic carbocycles. The number of halogens is 1. The van der Waals surface area contributed by atoms with Gasteiger partial charge in [0.2, 0.25) is 11.8 Å². The van der Waals surface area contributed by atoms with Crippen molar-refractivity contribution < 1.29 is 14.3 Å². The van der Waals surface area contributed by atoms with Crippen molar-refractivity contribution in [1.29, 1.82) is 0 Å². The van der Waals surface area contributed by atoms with Crippen LogP contribution in [0.4, 0.5) is 5.69 Å². The van der Waals surface area contributed by atoms with E-state index in [2.05, 4.69) is 27.4 Å². The average Bonchev–Trinajstić information content (AvgIpc) is 3.22. The maximum absolute atomic E-state index is 12.4. The number of nitrogens with zero attached hydrogens (tertiary/aromatic N) is 3. The minimum atomic E-state index is -0.292. The maximum Gasteiger partial charge on any atom is 0.244 e. The monoisotopic (exact) mass is 497 g/mol. The van der Waals surface area contributed by atoms with E-state index in [-0.39, 0.29) is 24.1 Å².